The zero-order chi connectivity index (χ0) is 11.4. The van der Waals surface area contributed by atoms with E-state index in [-0.39, 0.29) is 0 Å². The van der Waals surface area contributed by atoms with E-state index in [0.29, 0.717) is 0 Å². The van der Waals surface area contributed by atoms with Gasteiger partial charge in [-0.15, -0.1) is 0 Å². The number of ether oxygens (including phenoxy) is 1. The van der Waals surface area contributed by atoms with E-state index in [1.807, 2.05) is 0 Å². The van der Waals surface area contributed by atoms with Gasteiger partial charge in [-0.2, -0.15) is 0 Å². The molecular weight excluding hydrogens is 254 g/mol. The molecule has 0 amide bonds. The average molecular weight is 266 g/mol. The van der Waals surface area contributed by atoms with Gasteiger partial charge < -0.3 is 14.9 Å². The normalized spacial score (nSPS) is 12.7. The zero-order valence-corrected chi connectivity index (χ0v) is 9.73. The van der Waals surface area contributed by atoms with Crippen LogP contribution >= 0.6 is 34.8 Å². The molecule has 0 aliphatic carbocycles. The summed E-state index contributed by atoms with van der Waals surface area (Å²) < 4.78 is 2.91. The third kappa shape index (κ3) is 4.66. The second-order valence-electron chi connectivity index (χ2n) is 3.07. The average Bonchev–Trinajstić information content (AvgIpc) is 2.11. The van der Waals surface area contributed by atoms with Gasteiger partial charge >= 0.3 is 5.97 Å². The van der Waals surface area contributed by atoms with E-state index in [4.69, 9.17) is 45.0 Å². The largest absolute Gasteiger partial charge is 0.461 e. The zero-order valence-electron chi connectivity index (χ0n) is 7.47. The number of alkyl halides is 3. The summed E-state index contributed by atoms with van der Waals surface area (Å²) >= 11 is 16.0. The van der Waals surface area contributed by atoms with E-state index < -0.39 is 35.0 Å². The molecule has 0 heterocycles. The van der Waals surface area contributed by atoms with Crippen LogP contribution in [0.5, 0.6) is 0 Å². The highest BCUT2D eigenvalue weighted by Gasteiger charge is 2.35. The van der Waals surface area contributed by atoms with Gasteiger partial charge in [0.25, 0.3) is 0 Å². The van der Waals surface area contributed by atoms with Crippen LogP contribution in [0.2, 0.25) is 0 Å². The van der Waals surface area contributed by atoms with Gasteiger partial charge in [0.2, 0.25) is 3.79 Å². The van der Waals surface area contributed by atoms with Gasteiger partial charge in [-0.25, -0.2) is 0 Å². The molecule has 0 aromatic carbocycles. The van der Waals surface area contributed by atoms with Crippen LogP contribution < -0.4 is 0 Å². The number of esters is 1. The molecule has 84 valence electrons. The van der Waals surface area contributed by atoms with Crippen LogP contribution in [0.1, 0.15) is 6.92 Å². The lowest BCUT2D eigenvalue weighted by Crippen LogP contribution is -2.38. The van der Waals surface area contributed by atoms with Gasteiger partial charge in [0, 0.05) is 0 Å². The number of aliphatic hydroxyl groups excluding tert-OH is 2. The summed E-state index contributed by atoms with van der Waals surface area (Å²) in [6, 6.07) is 0. The molecule has 0 aromatic heterocycles. The van der Waals surface area contributed by atoms with E-state index in [0.717, 1.165) is 0 Å². The fourth-order valence-electron chi connectivity index (χ4n) is 0.501. The molecule has 0 saturated carbocycles. The number of rotatable bonds is 4. The Morgan fingerprint density at radius 1 is 1.29 bits per heavy atom. The maximum atomic E-state index is 11.3. The molecule has 0 aliphatic heterocycles. The monoisotopic (exact) mass is 264 g/mol. The second kappa shape index (κ2) is 5.37. The van der Waals surface area contributed by atoms with E-state index in [2.05, 4.69) is 4.74 Å². The molecule has 14 heavy (non-hydrogen) atoms. The van der Waals surface area contributed by atoms with Gasteiger partial charge in [-0.05, 0) is 6.92 Å². The van der Waals surface area contributed by atoms with Crippen molar-refractivity contribution in [3.63, 3.8) is 0 Å². The molecule has 0 radical (unpaired) electrons. The summed E-state index contributed by atoms with van der Waals surface area (Å²) in [5.41, 5.74) is -1.37. The number of hydrogen-bond donors (Lipinski definition) is 2. The number of carbonyl (C=O) groups excluding carboxylic acids is 1. The van der Waals surface area contributed by atoms with E-state index >= 15 is 0 Å². The summed E-state index contributed by atoms with van der Waals surface area (Å²) in [7, 11) is 0. The van der Waals surface area contributed by atoms with Crippen LogP contribution in [0.4, 0.5) is 0 Å². The molecule has 0 rings (SSSR count). The van der Waals surface area contributed by atoms with Gasteiger partial charge in [0.1, 0.15) is 12.0 Å². The summed E-state index contributed by atoms with van der Waals surface area (Å²) in [6.45, 7) is -0.163. The molecule has 0 atom stereocenters. The summed E-state index contributed by atoms with van der Waals surface area (Å²) in [6.07, 6.45) is 0. The Morgan fingerprint density at radius 3 is 2.00 bits per heavy atom. The molecule has 0 fully saturated rings. The first kappa shape index (κ1) is 14.3. The van der Waals surface area contributed by atoms with Crippen LogP contribution in [-0.4, -0.2) is 39.8 Å². The predicted molar refractivity (Wildman–Crippen MR) is 53.5 cm³/mol. The van der Waals surface area contributed by atoms with Crippen molar-refractivity contribution in [2.24, 2.45) is 5.41 Å². The Hall–Kier alpha value is 0.260. The topological polar surface area (TPSA) is 66.8 Å². The maximum Gasteiger partial charge on any atom is 0.316 e. The van der Waals surface area contributed by atoms with E-state index in [1.54, 1.807) is 0 Å². The minimum atomic E-state index is -1.69. The number of aliphatic hydroxyl groups is 2. The first-order chi connectivity index (χ1) is 6.25. The first-order valence-corrected chi connectivity index (χ1v) is 4.84. The maximum absolute atomic E-state index is 11.3. The fraction of sp³-hybridized carbons (Fsp3) is 0.857. The molecule has 0 unspecified atom stereocenters. The van der Waals surface area contributed by atoms with E-state index in [1.165, 1.54) is 6.92 Å². The lowest BCUT2D eigenvalue weighted by Gasteiger charge is -2.23. The van der Waals surface area contributed by atoms with Crippen molar-refractivity contribution in [2.45, 2.75) is 10.7 Å². The van der Waals surface area contributed by atoms with Crippen molar-refractivity contribution in [2.75, 3.05) is 19.8 Å². The van der Waals surface area contributed by atoms with E-state index in [9.17, 15) is 4.79 Å². The molecule has 0 aromatic rings. The van der Waals surface area contributed by atoms with Crippen molar-refractivity contribution in [3.05, 3.63) is 0 Å². The van der Waals surface area contributed by atoms with Crippen molar-refractivity contribution in [1.29, 1.82) is 0 Å². The SMILES string of the molecule is CC(CO)(CO)C(=O)OCC(Cl)(Cl)Cl. The molecule has 0 aliphatic rings. The minimum absolute atomic E-state index is 0.425. The molecule has 0 saturated heterocycles. The van der Waals surface area contributed by atoms with Crippen LogP contribution in [0, 0.1) is 5.41 Å². The Kier molecular flexibility index (Phi) is 5.47. The summed E-state index contributed by atoms with van der Waals surface area (Å²) in [4.78, 5) is 11.3. The molecular formula is C7H11Cl3O4. The van der Waals surface area contributed by atoms with Crippen LogP contribution in [0.3, 0.4) is 0 Å². The van der Waals surface area contributed by atoms with Gasteiger partial charge in [-0.3, -0.25) is 4.79 Å². The third-order valence-corrected chi connectivity index (χ3v) is 1.89. The Labute approximate surface area is 96.7 Å². The van der Waals surface area contributed by atoms with Crippen molar-refractivity contribution in [1.82, 2.24) is 0 Å². The summed E-state index contributed by atoms with van der Waals surface area (Å²) in [5.74, 6) is -0.811. The van der Waals surface area contributed by atoms with Crippen LogP contribution in [-0.2, 0) is 9.53 Å². The predicted octanol–water partition coefficient (Wildman–Crippen LogP) is 0.891. The van der Waals surface area contributed by atoms with Crippen LogP contribution in [0.25, 0.3) is 0 Å². The van der Waals surface area contributed by atoms with Gasteiger partial charge in [0.05, 0.1) is 13.2 Å². The Balaban J connectivity index is 4.20. The molecule has 2 N–H and O–H groups in total. The molecule has 7 heteroatoms. The van der Waals surface area contributed by atoms with Crippen LogP contribution in [0.15, 0.2) is 0 Å². The molecule has 4 nitrogen and oxygen atoms in total. The number of hydrogen-bond acceptors (Lipinski definition) is 4. The third-order valence-electron chi connectivity index (χ3n) is 1.56. The van der Waals surface area contributed by atoms with Crippen molar-refractivity contribution >= 4 is 40.8 Å². The highest BCUT2D eigenvalue weighted by atomic mass is 35.6. The Bertz CT molecular complexity index is 198. The second-order valence-corrected chi connectivity index (χ2v) is 5.58. The highest BCUT2D eigenvalue weighted by Crippen LogP contribution is 2.27. The number of halogens is 3. The standard InChI is InChI=1S/C7H11Cl3O4/c1-6(2-11,3-12)5(13)14-4-7(8,9)10/h11-12H,2-4H2,1H3. The Morgan fingerprint density at radius 2 is 1.71 bits per heavy atom. The lowest BCUT2D eigenvalue weighted by molar-refractivity contribution is -0.159. The minimum Gasteiger partial charge on any atom is -0.461 e. The lowest BCUT2D eigenvalue weighted by atomic mass is 9.93. The van der Waals surface area contributed by atoms with Crippen molar-refractivity contribution < 1.29 is 19.7 Å². The quantitative estimate of drug-likeness (QED) is 0.585. The number of carbonyl (C=O) groups is 1. The first-order valence-electron chi connectivity index (χ1n) is 3.71. The smallest absolute Gasteiger partial charge is 0.316 e. The van der Waals surface area contributed by atoms with Gasteiger partial charge in [0.15, 0.2) is 0 Å². The molecule has 0 spiro atoms. The molecule has 0 bridgehead atoms. The van der Waals surface area contributed by atoms with Crippen molar-refractivity contribution in [3.8, 4) is 0 Å². The fourth-order valence-corrected chi connectivity index (χ4v) is 0.664. The highest BCUT2D eigenvalue weighted by molar-refractivity contribution is 6.67. The summed E-state index contributed by atoms with van der Waals surface area (Å²) in [5, 5.41) is 17.7. The van der Waals surface area contributed by atoms with Gasteiger partial charge in [-0.1, -0.05) is 34.8 Å².